The van der Waals surface area contributed by atoms with E-state index in [4.69, 9.17) is 0 Å². The van der Waals surface area contributed by atoms with E-state index in [-0.39, 0.29) is 0 Å². The minimum absolute atomic E-state index is 0.340. The van der Waals surface area contributed by atoms with E-state index in [1.807, 2.05) is 12.1 Å². The van der Waals surface area contributed by atoms with Gasteiger partial charge in [-0.2, -0.15) is 0 Å². The molecule has 0 bridgehead atoms. The van der Waals surface area contributed by atoms with Gasteiger partial charge in [0.2, 0.25) is 0 Å². The topological polar surface area (TPSA) is 23.5 Å². The van der Waals surface area contributed by atoms with Gasteiger partial charge in [-0.1, -0.05) is 19.1 Å². The minimum Gasteiger partial charge on any atom is -0.508 e. The fourth-order valence-corrected chi connectivity index (χ4v) is 1.84. The smallest absolute Gasteiger partial charge is 0.115 e. The van der Waals surface area contributed by atoms with Crippen molar-refractivity contribution in [1.29, 1.82) is 0 Å². The van der Waals surface area contributed by atoms with Crippen molar-refractivity contribution in [2.24, 2.45) is 0 Å². The Labute approximate surface area is 98.9 Å². The lowest BCUT2D eigenvalue weighted by Crippen LogP contribution is -2.37. The van der Waals surface area contributed by atoms with Gasteiger partial charge in [-0.3, -0.25) is 0 Å². The monoisotopic (exact) mass is 221 g/mol. The number of hydrogen-bond donors (Lipinski definition) is 1. The van der Waals surface area contributed by atoms with Crippen LogP contribution in [0.15, 0.2) is 24.3 Å². The fourth-order valence-electron chi connectivity index (χ4n) is 1.84. The molecule has 16 heavy (non-hydrogen) atoms. The lowest BCUT2D eigenvalue weighted by atomic mass is 10.0. The number of phenolic OH excluding ortho intramolecular Hbond substituents is 1. The van der Waals surface area contributed by atoms with Crippen molar-refractivity contribution in [2.45, 2.75) is 45.7 Å². The lowest BCUT2D eigenvalue weighted by molar-refractivity contribution is 0.190. The van der Waals surface area contributed by atoms with Crippen LogP contribution in [0.1, 0.15) is 32.8 Å². The average Bonchev–Trinajstić information content (AvgIpc) is 2.30. The van der Waals surface area contributed by atoms with Crippen molar-refractivity contribution in [3.05, 3.63) is 29.8 Å². The molecule has 0 aliphatic heterocycles. The molecular formula is C14H23NO. The second kappa shape index (κ2) is 5.90. The second-order valence-corrected chi connectivity index (χ2v) is 4.64. The molecule has 1 aromatic carbocycles. The van der Waals surface area contributed by atoms with Gasteiger partial charge in [0.15, 0.2) is 0 Å². The van der Waals surface area contributed by atoms with Crippen LogP contribution in [-0.4, -0.2) is 29.1 Å². The first-order valence-corrected chi connectivity index (χ1v) is 6.04. The number of phenols is 1. The number of benzene rings is 1. The van der Waals surface area contributed by atoms with Crippen molar-refractivity contribution >= 4 is 0 Å². The Morgan fingerprint density at radius 2 is 1.69 bits per heavy atom. The van der Waals surface area contributed by atoms with Gasteiger partial charge in [0.25, 0.3) is 0 Å². The largest absolute Gasteiger partial charge is 0.508 e. The summed E-state index contributed by atoms with van der Waals surface area (Å²) in [5, 5.41) is 9.22. The molecule has 1 N–H and O–H groups in total. The summed E-state index contributed by atoms with van der Waals surface area (Å²) in [4.78, 5) is 2.41. The summed E-state index contributed by atoms with van der Waals surface area (Å²) in [7, 11) is 2.18. The van der Waals surface area contributed by atoms with Crippen LogP contribution in [0.5, 0.6) is 5.75 Å². The predicted octanol–water partition coefficient (Wildman–Crippen LogP) is 3.05. The highest BCUT2D eigenvalue weighted by Crippen LogP contribution is 2.14. The molecule has 0 aromatic heterocycles. The Morgan fingerprint density at radius 3 is 2.19 bits per heavy atom. The maximum absolute atomic E-state index is 9.22. The third kappa shape index (κ3) is 3.53. The van der Waals surface area contributed by atoms with Gasteiger partial charge in [-0.05, 0) is 51.4 Å². The Bertz CT molecular complexity index is 307. The quantitative estimate of drug-likeness (QED) is 0.826. The Morgan fingerprint density at radius 1 is 1.12 bits per heavy atom. The van der Waals surface area contributed by atoms with Crippen LogP contribution >= 0.6 is 0 Å². The molecule has 0 amide bonds. The molecule has 1 rings (SSSR count). The molecule has 0 aliphatic rings. The van der Waals surface area contributed by atoms with E-state index in [0.717, 1.165) is 6.42 Å². The zero-order valence-corrected chi connectivity index (χ0v) is 10.8. The molecule has 90 valence electrons. The molecule has 2 heteroatoms. The maximum atomic E-state index is 9.22. The van der Waals surface area contributed by atoms with E-state index >= 15 is 0 Å². The van der Waals surface area contributed by atoms with E-state index in [1.165, 1.54) is 12.0 Å². The molecule has 0 saturated carbocycles. The first kappa shape index (κ1) is 13.0. The predicted molar refractivity (Wildman–Crippen MR) is 68.8 cm³/mol. The first-order chi connectivity index (χ1) is 7.54. The van der Waals surface area contributed by atoms with Crippen molar-refractivity contribution in [2.75, 3.05) is 7.05 Å². The van der Waals surface area contributed by atoms with Gasteiger partial charge >= 0.3 is 0 Å². The van der Waals surface area contributed by atoms with Crippen molar-refractivity contribution in [3.63, 3.8) is 0 Å². The molecule has 0 saturated heterocycles. The van der Waals surface area contributed by atoms with Crippen LogP contribution in [-0.2, 0) is 6.42 Å². The fraction of sp³-hybridized carbons (Fsp3) is 0.571. The molecular weight excluding hydrogens is 198 g/mol. The highest BCUT2D eigenvalue weighted by molar-refractivity contribution is 5.26. The van der Waals surface area contributed by atoms with Crippen molar-refractivity contribution in [3.8, 4) is 5.75 Å². The third-order valence-electron chi connectivity index (χ3n) is 3.45. The van der Waals surface area contributed by atoms with Crippen molar-refractivity contribution in [1.82, 2.24) is 4.90 Å². The van der Waals surface area contributed by atoms with Crippen LogP contribution in [0.4, 0.5) is 0 Å². The van der Waals surface area contributed by atoms with Crippen molar-refractivity contribution < 1.29 is 5.11 Å². The van der Waals surface area contributed by atoms with E-state index in [2.05, 4.69) is 32.7 Å². The molecule has 0 aliphatic carbocycles. The van der Waals surface area contributed by atoms with E-state index in [0.29, 0.717) is 17.8 Å². The standard InChI is InChI=1S/C14H23NO/c1-5-11(2)15(4)12(3)10-13-6-8-14(16)9-7-13/h6-9,11-12,16H,5,10H2,1-4H3. The molecule has 1 aromatic rings. The Hall–Kier alpha value is -1.02. The SMILES string of the molecule is CCC(C)N(C)C(C)Cc1ccc(O)cc1. The highest BCUT2D eigenvalue weighted by atomic mass is 16.3. The maximum Gasteiger partial charge on any atom is 0.115 e. The number of aromatic hydroxyl groups is 1. The van der Waals surface area contributed by atoms with E-state index < -0.39 is 0 Å². The molecule has 0 radical (unpaired) electrons. The molecule has 0 spiro atoms. The zero-order chi connectivity index (χ0) is 12.1. The Kier molecular flexibility index (Phi) is 4.81. The summed E-state index contributed by atoms with van der Waals surface area (Å²) in [6.07, 6.45) is 2.21. The minimum atomic E-state index is 0.340. The van der Waals surface area contributed by atoms with Gasteiger partial charge in [0.05, 0.1) is 0 Å². The number of rotatable bonds is 5. The summed E-state index contributed by atoms with van der Waals surface area (Å²) in [6.45, 7) is 6.72. The third-order valence-corrected chi connectivity index (χ3v) is 3.45. The second-order valence-electron chi connectivity index (χ2n) is 4.64. The van der Waals surface area contributed by atoms with Crippen LogP contribution in [0.3, 0.4) is 0 Å². The molecule has 0 fully saturated rings. The zero-order valence-electron chi connectivity index (χ0n) is 10.8. The van der Waals surface area contributed by atoms with Crippen LogP contribution in [0.25, 0.3) is 0 Å². The summed E-state index contributed by atoms with van der Waals surface area (Å²) < 4.78 is 0. The average molecular weight is 221 g/mol. The lowest BCUT2D eigenvalue weighted by Gasteiger charge is -2.30. The van der Waals surface area contributed by atoms with Crippen LogP contribution in [0.2, 0.25) is 0 Å². The molecule has 2 atom stereocenters. The van der Waals surface area contributed by atoms with Gasteiger partial charge in [-0.25, -0.2) is 0 Å². The van der Waals surface area contributed by atoms with Gasteiger partial charge in [0.1, 0.15) is 5.75 Å². The summed E-state index contributed by atoms with van der Waals surface area (Å²) >= 11 is 0. The van der Waals surface area contributed by atoms with Crippen LogP contribution in [0, 0.1) is 0 Å². The highest BCUT2D eigenvalue weighted by Gasteiger charge is 2.14. The summed E-state index contributed by atoms with van der Waals surface area (Å²) in [5.74, 6) is 0.340. The molecule has 0 heterocycles. The first-order valence-electron chi connectivity index (χ1n) is 6.04. The van der Waals surface area contributed by atoms with Gasteiger partial charge in [-0.15, -0.1) is 0 Å². The number of hydrogen-bond acceptors (Lipinski definition) is 2. The van der Waals surface area contributed by atoms with Crippen LogP contribution < -0.4 is 0 Å². The number of likely N-dealkylation sites (N-methyl/N-ethyl adjacent to an activating group) is 1. The number of nitrogens with zero attached hydrogens (tertiary/aromatic N) is 1. The van der Waals surface area contributed by atoms with E-state index in [1.54, 1.807) is 12.1 Å². The van der Waals surface area contributed by atoms with Gasteiger partial charge < -0.3 is 10.0 Å². The Balaban J connectivity index is 2.56. The summed E-state index contributed by atoms with van der Waals surface area (Å²) in [5.41, 5.74) is 1.28. The summed E-state index contributed by atoms with van der Waals surface area (Å²) in [6, 6.07) is 8.65. The van der Waals surface area contributed by atoms with E-state index in [9.17, 15) is 5.11 Å². The normalized spacial score (nSPS) is 15.1. The molecule has 2 nitrogen and oxygen atoms in total. The van der Waals surface area contributed by atoms with Gasteiger partial charge in [0, 0.05) is 12.1 Å². The molecule has 2 unspecified atom stereocenters.